The van der Waals surface area contributed by atoms with Crippen LogP contribution >= 0.6 is 11.6 Å². The number of rotatable bonds is 6. The number of carbonyl (C=O) groups is 2. The van der Waals surface area contributed by atoms with Crippen molar-refractivity contribution in [3.05, 3.63) is 29.0 Å². The monoisotopic (exact) mass is 427 g/mol. The second kappa shape index (κ2) is 10.3. The van der Waals surface area contributed by atoms with Crippen molar-refractivity contribution in [2.45, 2.75) is 45.6 Å². The highest BCUT2D eigenvalue weighted by molar-refractivity contribution is 6.30. The Labute approximate surface area is 177 Å². The van der Waals surface area contributed by atoms with Crippen LogP contribution in [0.15, 0.2) is 18.2 Å². The fourth-order valence-electron chi connectivity index (χ4n) is 3.37. The van der Waals surface area contributed by atoms with Gasteiger partial charge in [0.2, 0.25) is 5.91 Å². The molecule has 0 radical (unpaired) electrons. The molecule has 1 aliphatic heterocycles. The molecular weight excluding hydrogens is 397 g/mol. The number of nitrogens with one attached hydrogen (secondary N) is 1. The minimum Gasteiger partial charge on any atom is -0.444 e. The van der Waals surface area contributed by atoms with Gasteiger partial charge in [-0.15, -0.1) is 0 Å². The molecule has 162 valence electrons. The largest absolute Gasteiger partial charge is 0.444 e. The van der Waals surface area contributed by atoms with Gasteiger partial charge in [-0.25, -0.2) is 9.18 Å². The summed E-state index contributed by atoms with van der Waals surface area (Å²) in [7, 11) is 1.75. The first-order chi connectivity index (χ1) is 13.5. The zero-order valence-electron chi connectivity index (χ0n) is 17.6. The van der Waals surface area contributed by atoms with E-state index in [2.05, 4.69) is 10.2 Å². The quantitative estimate of drug-likeness (QED) is 0.731. The molecule has 0 aliphatic carbocycles. The van der Waals surface area contributed by atoms with E-state index in [-0.39, 0.29) is 29.1 Å². The highest BCUT2D eigenvalue weighted by Crippen LogP contribution is 2.20. The van der Waals surface area contributed by atoms with Gasteiger partial charge in [0.15, 0.2) is 0 Å². The molecule has 6 nitrogen and oxygen atoms in total. The molecule has 0 aromatic heterocycles. The lowest BCUT2D eigenvalue weighted by atomic mass is 9.97. The van der Waals surface area contributed by atoms with Crippen LogP contribution in [0, 0.1) is 11.7 Å². The Morgan fingerprint density at radius 2 is 2.10 bits per heavy atom. The smallest absolute Gasteiger partial charge is 0.410 e. The normalized spacial score (nSPS) is 17.7. The van der Waals surface area contributed by atoms with Gasteiger partial charge in [0.25, 0.3) is 0 Å². The number of halogens is 2. The van der Waals surface area contributed by atoms with Crippen LogP contribution in [0.25, 0.3) is 0 Å². The summed E-state index contributed by atoms with van der Waals surface area (Å²) in [6.45, 7) is 8.48. The third kappa shape index (κ3) is 8.19. The first-order valence-electron chi connectivity index (χ1n) is 9.95. The fraction of sp³-hybridized carbons (Fsp3) is 0.619. The zero-order chi connectivity index (χ0) is 21.6. The maximum atomic E-state index is 13.8. The van der Waals surface area contributed by atoms with Gasteiger partial charge in [0, 0.05) is 38.1 Å². The molecule has 0 spiro atoms. The molecule has 1 saturated heterocycles. The standard InChI is InChI=1S/C21H31ClFN3O3/c1-21(2,3)29-20(28)25(4)13-15-6-5-10-26(14-15)11-9-19(27)24-18-8-7-16(22)12-17(18)23/h7-8,12,15H,5-6,9-11,13-14H2,1-4H3,(H,24,27). The van der Waals surface area contributed by atoms with E-state index in [1.165, 1.54) is 18.2 Å². The molecule has 1 aliphatic rings. The number of likely N-dealkylation sites (tertiary alicyclic amines) is 1. The van der Waals surface area contributed by atoms with E-state index in [9.17, 15) is 14.0 Å². The minimum atomic E-state index is -0.547. The minimum absolute atomic E-state index is 0.134. The Bertz CT molecular complexity index is 724. The number of amides is 2. The van der Waals surface area contributed by atoms with Gasteiger partial charge in [0.05, 0.1) is 5.69 Å². The van der Waals surface area contributed by atoms with Crippen LogP contribution in [-0.4, -0.2) is 60.6 Å². The SMILES string of the molecule is CN(CC1CCCN(CCC(=O)Nc2ccc(Cl)cc2F)C1)C(=O)OC(C)(C)C. The van der Waals surface area contributed by atoms with Crippen LogP contribution in [-0.2, 0) is 9.53 Å². The zero-order valence-corrected chi connectivity index (χ0v) is 18.4. The van der Waals surface area contributed by atoms with E-state index in [1.54, 1.807) is 11.9 Å². The third-order valence-electron chi connectivity index (χ3n) is 4.70. The fourth-order valence-corrected chi connectivity index (χ4v) is 3.53. The van der Waals surface area contributed by atoms with Gasteiger partial charge in [-0.05, 0) is 64.3 Å². The number of benzene rings is 1. The number of nitrogens with zero attached hydrogens (tertiary/aromatic N) is 2. The Morgan fingerprint density at radius 1 is 1.38 bits per heavy atom. The Kier molecular flexibility index (Phi) is 8.28. The lowest BCUT2D eigenvalue weighted by molar-refractivity contribution is -0.116. The summed E-state index contributed by atoms with van der Waals surface area (Å²) in [5.74, 6) is -0.452. The molecule has 1 unspecified atom stereocenters. The van der Waals surface area contributed by atoms with Crippen LogP contribution in [0.1, 0.15) is 40.0 Å². The van der Waals surface area contributed by atoms with Crippen molar-refractivity contribution >= 4 is 29.3 Å². The predicted octanol–water partition coefficient (Wildman–Crippen LogP) is 4.39. The molecule has 29 heavy (non-hydrogen) atoms. The van der Waals surface area contributed by atoms with Crippen LogP contribution in [0.3, 0.4) is 0 Å². The van der Waals surface area contributed by atoms with Gasteiger partial charge in [-0.2, -0.15) is 0 Å². The topological polar surface area (TPSA) is 61.9 Å². The number of piperidine rings is 1. The number of anilines is 1. The summed E-state index contributed by atoms with van der Waals surface area (Å²) >= 11 is 5.72. The molecule has 1 aromatic carbocycles. The van der Waals surface area contributed by atoms with E-state index < -0.39 is 11.4 Å². The summed E-state index contributed by atoms with van der Waals surface area (Å²) in [6.07, 6.45) is 2.00. The van der Waals surface area contributed by atoms with Crippen molar-refractivity contribution in [3.8, 4) is 0 Å². The molecule has 2 amide bonds. The number of hydrogen-bond acceptors (Lipinski definition) is 4. The van der Waals surface area contributed by atoms with Crippen LogP contribution < -0.4 is 5.32 Å². The third-order valence-corrected chi connectivity index (χ3v) is 4.94. The summed E-state index contributed by atoms with van der Waals surface area (Å²) in [5.41, 5.74) is -0.379. The van der Waals surface area contributed by atoms with Crippen LogP contribution in [0.2, 0.25) is 5.02 Å². The average molecular weight is 428 g/mol. The molecule has 1 N–H and O–H groups in total. The van der Waals surface area contributed by atoms with Gasteiger partial charge in [0.1, 0.15) is 11.4 Å². The highest BCUT2D eigenvalue weighted by Gasteiger charge is 2.25. The van der Waals surface area contributed by atoms with Crippen molar-refractivity contribution in [2.75, 3.05) is 38.5 Å². The van der Waals surface area contributed by atoms with Gasteiger partial charge < -0.3 is 19.9 Å². The molecule has 1 aromatic rings. The second-order valence-electron chi connectivity index (χ2n) is 8.59. The lowest BCUT2D eigenvalue weighted by Gasteiger charge is -2.35. The second-order valence-corrected chi connectivity index (χ2v) is 9.03. The first-order valence-corrected chi connectivity index (χ1v) is 10.3. The van der Waals surface area contributed by atoms with Crippen molar-refractivity contribution < 1.29 is 18.7 Å². The van der Waals surface area contributed by atoms with Crippen molar-refractivity contribution in [2.24, 2.45) is 5.92 Å². The maximum absolute atomic E-state index is 13.8. The summed E-state index contributed by atoms with van der Waals surface area (Å²) in [6, 6.07) is 4.17. The Hall–Kier alpha value is -1.86. The molecule has 0 saturated carbocycles. The number of carbonyl (C=O) groups excluding carboxylic acids is 2. The average Bonchev–Trinajstić information content (AvgIpc) is 2.61. The van der Waals surface area contributed by atoms with E-state index in [4.69, 9.17) is 16.3 Å². The van der Waals surface area contributed by atoms with E-state index in [0.717, 1.165) is 25.9 Å². The highest BCUT2D eigenvalue weighted by atomic mass is 35.5. The van der Waals surface area contributed by atoms with E-state index in [1.807, 2.05) is 20.8 Å². The first kappa shape index (κ1) is 23.4. The van der Waals surface area contributed by atoms with E-state index in [0.29, 0.717) is 19.0 Å². The lowest BCUT2D eigenvalue weighted by Crippen LogP contribution is -2.43. The Morgan fingerprint density at radius 3 is 2.76 bits per heavy atom. The molecule has 1 atom stereocenters. The van der Waals surface area contributed by atoms with Gasteiger partial charge in [-0.3, -0.25) is 4.79 Å². The van der Waals surface area contributed by atoms with Crippen molar-refractivity contribution in [1.82, 2.24) is 9.80 Å². The summed E-state index contributed by atoms with van der Waals surface area (Å²) in [4.78, 5) is 28.2. The Balaban J connectivity index is 1.77. The molecule has 0 bridgehead atoms. The summed E-state index contributed by atoms with van der Waals surface area (Å²) < 4.78 is 19.2. The number of hydrogen-bond donors (Lipinski definition) is 1. The van der Waals surface area contributed by atoms with Gasteiger partial charge >= 0.3 is 6.09 Å². The molecule has 2 rings (SSSR count). The predicted molar refractivity (Wildman–Crippen MR) is 113 cm³/mol. The molecule has 1 fully saturated rings. The van der Waals surface area contributed by atoms with Crippen molar-refractivity contribution in [1.29, 1.82) is 0 Å². The maximum Gasteiger partial charge on any atom is 0.410 e. The van der Waals surface area contributed by atoms with E-state index >= 15 is 0 Å². The summed E-state index contributed by atoms with van der Waals surface area (Å²) in [5, 5.41) is 2.88. The molecule has 1 heterocycles. The van der Waals surface area contributed by atoms with Crippen LogP contribution in [0.5, 0.6) is 0 Å². The number of ether oxygens (including phenoxy) is 1. The van der Waals surface area contributed by atoms with Crippen LogP contribution in [0.4, 0.5) is 14.9 Å². The molecule has 8 heteroatoms. The van der Waals surface area contributed by atoms with Crippen molar-refractivity contribution in [3.63, 3.8) is 0 Å². The molecular formula is C21H31ClFN3O3. The van der Waals surface area contributed by atoms with Gasteiger partial charge in [-0.1, -0.05) is 11.6 Å².